The smallest absolute Gasteiger partial charge is 0.0623 e. The second-order valence-electron chi connectivity index (χ2n) is 9.44. The fourth-order valence-electron chi connectivity index (χ4n) is 6.14. The van der Waals surface area contributed by atoms with Gasteiger partial charge in [0.05, 0.1) is 0 Å². The van der Waals surface area contributed by atoms with Crippen LogP contribution in [0, 0.1) is 6.92 Å². The van der Waals surface area contributed by atoms with Crippen molar-refractivity contribution in [1.29, 1.82) is 0 Å². The second-order valence-corrected chi connectivity index (χ2v) is 13.1. The monoisotopic (exact) mass is 448 g/mol. The lowest BCUT2D eigenvalue weighted by atomic mass is 9.98. The van der Waals surface area contributed by atoms with Crippen molar-refractivity contribution < 1.29 is 0 Å². The molecular weight excluding hydrogens is 424 g/mol. The van der Waals surface area contributed by atoms with Gasteiger partial charge in [0.2, 0.25) is 0 Å². The molecule has 0 spiro atoms. The first-order valence-electron chi connectivity index (χ1n) is 12.0. The Hall–Kier alpha value is -3.94. The van der Waals surface area contributed by atoms with Crippen molar-refractivity contribution in [3.63, 3.8) is 0 Å². The minimum Gasteiger partial charge on any atom is -0.0623 e. The summed E-state index contributed by atoms with van der Waals surface area (Å²) in [7, 11) is -2.49. The maximum Gasteiger partial charge on any atom is 0.181 e. The van der Waals surface area contributed by atoms with E-state index in [9.17, 15) is 0 Å². The summed E-state index contributed by atoms with van der Waals surface area (Å²) in [6.07, 6.45) is 0. The highest BCUT2D eigenvalue weighted by molar-refractivity contribution is 7.23. The molecule has 6 aromatic carbocycles. The molecule has 0 unspecified atom stereocenters. The zero-order valence-electron chi connectivity index (χ0n) is 19.1. The minimum atomic E-state index is -2.49. The molecule has 0 radical (unpaired) electrons. The number of aryl methyl sites for hydroxylation is 1. The third kappa shape index (κ3) is 2.59. The van der Waals surface area contributed by atoms with E-state index in [2.05, 4.69) is 134 Å². The van der Waals surface area contributed by atoms with Crippen LogP contribution in [0.15, 0.2) is 127 Å². The third-order valence-electron chi connectivity index (χ3n) is 7.54. The highest BCUT2D eigenvalue weighted by Gasteiger charge is 2.49. The predicted octanol–water partition coefficient (Wildman–Crippen LogP) is 5.66. The van der Waals surface area contributed by atoms with E-state index in [1.807, 2.05) is 0 Å². The summed E-state index contributed by atoms with van der Waals surface area (Å²) in [5.41, 5.74) is 4.09. The number of hydrogen-bond acceptors (Lipinski definition) is 0. The average molecular weight is 449 g/mol. The predicted molar refractivity (Wildman–Crippen MR) is 149 cm³/mol. The van der Waals surface area contributed by atoms with Crippen LogP contribution in [0.4, 0.5) is 0 Å². The standard InChI is InChI=1S/C33H24Si/c1-23-16-17-24-22-31-25(21-26(24)20-23)18-19-30-29-14-8-9-15-32(29)34(33(30)31,27-10-4-2-5-11-27)28-12-6-3-7-13-28/h2-22H,1H3. The van der Waals surface area contributed by atoms with Gasteiger partial charge in [-0.2, -0.15) is 0 Å². The lowest BCUT2D eigenvalue weighted by Gasteiger charge is -2.32. The second kappa shape index (κ2) is 7.28. The van der Waals surface area contributed by atoms with Gasteiger partial charge < -0.3 is 0 Å². The van der Waals surface area contributed by atoms with Crippen LogP contribution in [-0.2, 0) is 0 Å². The van der Waals surface area contributed by atoms with Gasteiger partial charge in [-0.25, -0.2) is 0 Å². The molecule has 7 rings (SSSR count). The summed E-state index contributed by atoms with van der Waals surface area (Å²) in [6.45, 7) is 2.17. The van der Waals surface area contributed by atoms with Gasteiger partial charge in [0.1, 0.15) is 0 Å². The quantitative estimate of drug-likeness (QED) is 0.236. The molecule has 0 bridgehead atoms. The van der Waals surface area contributed by atoms with E-state index in [4.69, 9.17) is 0 Å². The maximum atomic E-state index is 2.45. The zero-order valence-corrected chi connectivity index (χ0v) is 20.1. The van der Waals surface area contributed by atoms with Crippen LogP contribution in [-0.4, -0.2) is 8.07 Å². The van der Waals surface area contributed by atoms with Crippen molar-refractivity contribution in [1.82, 2.24) is 0 Å². The zero-order chi connectivity index (χ0) is 22.7. The molecular formula is C33H24Si. The highest BCUT2D eigenvalue weighted by Crippen LogP contribution is 2.34. The minimum absolute atomic E-state index is 1.30. The Labute approximate surface area is 201 Å². The number of fused-ring (bicyclic) bond motifs is 6. The largest absolute Gasteiger partial charge is 0.181 e. The molecule has 0 atom stereocenters. The number of rotatable bonds is 2. The van der Waals surface area contributed by atoms with Crippen LogP contribution in [0.2, 0.25) is 0 Å². The van der Waals surface area contributed by atoms with Crippen LogP contribution in [0.25, 0.3) is 32.7 Å². The molecule has 0 saturated carbocycles. The number of hydrogen-bond donors (Lipinski definition) is 0. The average Bonchev–Trinajstić information content (AvgIpc) is 3.20. The molecule has 0 N–H and O–H groups in total. The Morgan fingerprint density at radius 3 is 1.85 bits per heavy atom. The van der Waals surface area contributed by atoms with E-state index in [-0.39, 0.29) is 0 Å². The SMILES string of the molecule is Cc1ccc2cc3c4c(ccc3cc2c1)-c1ccccc1[Si]4(c1ccccc1)c1ccccc1. The first kappa shape index (κ1) is 19.5. The van der Waals surface area contributed by atoms with E-state index < -0.39 is 8.07 Å². The van der Waals surface area contributed by atoms with E-state index in [1.165, 1.54) is 59.0 Å². The molecule has 1 aliphatic heterocycles. The fourth-order valence-corrected chi connectivity index (χ4v) is 11.5. The molecule has 1 heteroatoms. The molecule has 0 aliphatic carbocycles. The Morgan fingerprint density at radius 2 is 1.12 bits per heavy atom. The summed E-state index contributed by atoms with van der Waals surface area (Å²) in [6, 6.07) is 48.0. The lowest BCUT2D eigenvalue weighted by Crippen LogP contribution is -2.72. The summed E-state index contributed by atoms with van der Waals surface area (Å²) in [5, 5.41) is 11.3. The molecule has 1 heterocycles. The van der Waals surface area contributed by atoms with Gasteiger partial charge in [-0.05, 0) is 72.5 Å². The molecule has 0 amide bonds. The lowest BCUT2D eigenvalue weighted by molar-refractivity contribution is 1.51. The van der Waals surface area contributed by atoms with Crippen LogP contribution in [0.5, 0.6) is 0 Å². The van der Waals surface area contributed by atoms with Crippen molar-refractivity contribution in [2.75, 3.05) is 0 Å². The number of benzene rings is 6. The van der Waals surface area contributed by atoms with Crippen molar-refractivity contribution in [2.24, 2.45) is 0 Å². The van der Waals surface area contributed by atoms with Crippen LogP contribution in [0.3, 0.4) is 0 Å². The Kier molecular flexibility index (Phi) is 4.18. The van der Waals surface area contributed by atoms with Crippen molar-refractivity contribution in [3.05, 3.63) is 133 Å². The van der Waals surface area contributed by atoms with Crippen molar-refractivity contribution in [3.8, 4) is 11.1 Å². The van der Waals surface area contributed by atoms with E-state index in [0.717, 1.165) is 0 Å². The van der Waals surface area contributed by atoms with Gasteiger partial charge >= 0.3 is 0 Å². The van der Waals surface area contributed by atoms with E-state index in [0.29, 0.717) is 0 Å². The molecule has 160 valence electrons. The van der Waals surface area contributed by atoms with Gasteiger partial charge in [-0.15, -0.1) is 0 Å². The van der Waals surface area contributed by atoms with Crippen LogP contribution >= 0.6 is 0 Å². The Bertz CT molecular complexity index is 1660. The van der Waals surface area contributed by atoms with E-state index in [1.54, 1.807) is 0 Å². The van der Waals surface area contributed by atoms with Crippen LogP contribution < -0.4 is 20.7 Å². The van der Waals surface area contributed by atoms with Gasteiger partial charge in [0, 0.05) is 0 Å². The fraction of sp³-hybridized carbons (Fsp3) is 0.0303. The molecule has 0 nitrogen and oxygen atoms in total. The van der Waals surface area contributed by atoms with Gasteiger partial charge in [0.15, 0.2) is 8.07 Å². The van der Waals surface area contributed by atoms with E-state index >= 15 is 0 Å². The summed E-state index contributed by atoms with van der Waals surface area (Å²) in [5.74, 6) is 0. The van der Waals surface area contributed by atoms with Gasteiger partial charge in [-0.3, -0.25) is 0 Å². The van der Waals surface area contributed by atoms with Crippen molar-refractivity contribution in [2.45, 2.75) is 6.92 Å². The Morgan fingerprint density at radius 1 is 0.471 bits per heavy atom. The molecule has 0 saturated heterocycles. The highest BCUT2D eigenvalue weighted by atomic mass is 28.3. The summed E-state index contributed by atoms with van der Waals surface area (Å²) in [4.78, 5) is 0. The molecule has 6 aromatic rings. The summed E-state index contributed by atoms with van der Waals surface area (Å²) < 4.78 is 0. The molecule has 0 aromatic heterocycles. The van der Waals surface area contributed by atoms with Crippen LogP contribution in [0.1, 0.15) is 5.56 Å². The Balaban J connectivity index is 1.71. The first-order chi connectivity index (χ1) is 16.8. The topological polar surface area (TPSA) is 0 Å². The third-order valence-corrected chi connectivity index (χ3v) is 12.5. The van der Waals surface area contributed by atoms with Gasteiger partial charge in [0.25, 0.3) is 0 Å². The molecule has 0 fully saturated rings. The van der Waals surface area contributed by atoms with Gasteiger partial charge in [-0.1, -0.05) is 121 Å². The first-order valence-corrected chi connectivity index (χ1v) is 14.0. The molecule has 1 aliphatic rings. The van der Waals surface area contributed by atoms with Crippen molar-refractivity contribution >= 4 is 50.4 Å². The normalized spacial score (nSPS) is 13.7. The maximum absolute atomic E-state index is 2.49. The molecule has 34 heavy (non-hydrogen) atoms. The summed E-state index contributed by atoms with van der Waals surface area (Å²) >= 11 is 0.